The minimum Gasteiger partial charge on any atom is -0.398 e. The molecule has 0 aliphatic carbocycles. The molecule has 1 aromatic carbocycles. The van der Waals surface area contributed by atoms with E-state index in [0.29, 0.717) is 17.8 Å². The average molecular weight is 260 g/mol. The molecule has 0 fully saturated rings. The van der Waals surface area contributed by atoms with Crippen molar-refractivity contribution in [2.24, 2.45) is 0 Å². The summed E-state index contributed by atoms with van der Waals surface area (Å²) in [6.07, 6.45) is 0.848. The monoisotopic (exact) mass is 260 g/mol. The van der Waals surface area contributed by atoms with Gasteiger partial charge in [0.2, 0.25) is 0 Å². The number of hydrogen-bond donors (Lipinski definition) is 2. The Kier molecular flexibility index (Phi) is 3.99. The molecule has 0 saturated carbocycles. The number of carbonyl (C=O) groups is 1. The number of rotatable bonds is 4. The highest BCUT2D eigenvalue weighted by atomic mass is 32.1. The zero-order valence-electron chi connectivity index (χ0n) is 10.3. The van der Waals surface area contributed by atoms with E-state index in [2.05, 4.69) is 16.8 Å². The maximum Gasteiger partial charge on any atom is 0.253 e. The van der Waals surface area contributed by atoms with Gasteiger partial charge in [-0.25, -0.2) is 0 Å². The van der Waals surface area contributed by atoms with Crippen LogP contribution < -0.4 is 11.1 Å². The average Bonchev–Trinajstić information content (AvgIpc) is 2.82. The second-order valence-electron chi connectivity index (χ2n) is 4.18. The van der Waals surface area contributed by atoms with Gasteiger partial charge in [-0.2, -0.15) is 11.3 Å². The van der Waals surface area contributed by atoms with Crippen LogP contribution >= 0.6 is 11.3 Å². The molecule has 1 aromatic heterocycles. The second kappa shape index (κ2) is 5.69. The number of aryl methyl sites for hydroxylation is 1. The van der Waals surface area contributed by atoms with Crippen LogP contribution in [0, 0.1) is 6.92 Å². The summed E-state index contributed by atoms with van der Waals surface area (Å²) in [5.41, 5.74) is 9.10. The summed E-state index contributed by atoms with van der Waals surface area (Å²) in [7, 11) is 0. The molecule has 0 aliphatic rings. The van der Waals surface area contributed by atoms with E-state index < -0.39 is 0 Å². The molecule has 0 bridgehead atoms. The summed E-state index contributed by atoms with van der Waals surface area (Å²) in [4.78, 5) is 12.0. The lowest BCUT2D eigenvalue weighted by atomic mass is 10.1. The smallest absolute Gasteiger partial charge is 0.253 e. The molecule has 3 nitrogen and oxygen atoms in total. The Morgan fingerprint density at radius 2 is 2.22 bits per heavy atom. The Balaban J connectivity index is 1.96. The van der Waals surface area contributed by atoms with Crippen LogP contribution in [-0.4, -0.2) is 12.5 Å². The van der Waals surface area contributed by atoms with Crippen molar-refractivity contribution < 1.29 is 4.79 Å². The second-order valence-corrected chi connectivity index (χ2v) is 4.96. The molecular weight excluding hydrogens is 244 g/mol. The highest BCUT2D eigenvalue weighted by molar-refractivity contribution is 7.07. The van der Waals surface area contributed by atoms with Gasteiger partial charge >= 0.3 is 0 Å². The molecule has 1 heterocycles. The van der Waals surface area contributed by atoms with Crippen molar-refractivity contribution in [3.8, 4) is 0 Å². The van der Waals surface area contributed by atoms with E-state index in [1.54, 1.807) is 17.4 Å². The summed E-state index contributed by atoms with van der Waals surface area (Å²) in [6.45, 7) is 2.52. The van der Waals surface area contributed by atoms with Gasteiger partial charge in [-0.05, 0) is 47.4 Å². The van der Waals surface area contributed by atoms with Crippen molar-refractivity contribution >= 4 is 22.9 Å². The third-order valence-electron chi connectivity index (χ3n) is 2.81. The Labute approximate surface area is 111 Å². The van der Waals surface area contributed by atoms with Crippen molar-refractivity contribution in [2.45, 2.75) is 13.3 Å². The molecule has 4 heteroatoms. The van der Waals surface area contributed by atoms with Crippen LogP contribution in [-0.2, 0) is 6.42 Å². The highest BCUT2D eigenvalue weighted by Gasteiger charge is 2.11. The maximum absolute atomic E-state index is 12.0. The van der Waals surface area contributed by atoms with Gasteiger partial charge in [0, 0.05) is 12.2 Å². The quantitative estimate of drug-likeness (QED) is 0.830. The lowest BCUT2D eigenvalue weighted by Crippen LogP contribution is -2.27. The Morgan fingerprint density at radius 1 is 1.39 bits per heavy atom. The fraction of sp³-hybridized carbons (Fsp3) is 0.214. The molecule has 94 valence electrons. The Morgan fingerprint density at radius 3 is 2.89 bits per heavy atom. The molecule has 3 N–H and O–H groups in total. The van der Waals surface area contributed by atoms with E-state index in [0.717, 1.165) is 12.0 Å². The number of benzene rings is 1. The first kappa shape index (κ1) is 12.6. The SMILES string of the molecule is Cc1cccc(N)c1C(=O)NCCc1ccsc1. The van der Waals surface area contributed by atoms with Crippen LogP contribution in [0.4, 0.5) is 5.69 Å². The van der Waals surface area contributed by atoms with Crippen molar-refractivity contribution in [2.75, 3.05) is 12.3 Å². The van der Waals surface area contributed by atoms with Crippen molar-refractivity contribution in [3.63, 3.8) is 0 Å². The molecule has 18 heavy (non-hydrogen) atoms. The summed E-state index contributed by atoms with van der Waals surface area (Å²) >= 11 is 1.67. The zero-order valence-corrected chi connectivity index (χ0v) is 11.1. The first-order valence-corrected chi connectivity index (χ1v) is 6.77. The zero-order chi connectivity index (χ0) is 13.0. The molecule has 0 aliphatic heterocycles. The van der Waals surface area contributed by atoms with Gasteiger partial charge < -0.3 is 11.1 Å². The molecule has 1 amide bonds. The van der Waals surface area contributed by atoms with Gasteiger partial charge in [0.05, 0.1) is 5.56 Å². The number of carbonyl (C=O) groups excluding carboxylic acids is 1. The lowest BCUT2D eigenvalue weighted by molar-refractivity contribution is 0.0954. The number of amides is 1. The van der Waals surface area contributed by atoms with Crippen LogP contribution in [0.15, 0.2) is 35.0 Å². The van der Waals surface area contributed by atoms with Crippen LogP contribution in [0.3, 0.4) is 0 Å². The van der Waals surface area contributed by atoms with Crippen LogP contribution in [0.5, 0.6) is 0 Å². The summed E-state index contributed by atoms with van der Waals surface area (Å²) in [5, 5.41) is 7.03. The molecule has 0 atom stereocenters. The lowest BCUT2D eigenvalue weighted by Gasteiger charge is -2.09. The standard InChI is InChI=1S/C14H16N2OS/c1-10-3-2-4-12(15)13(10)14(17)16-7-5-11-6-8-18-9-11/h2-4,6,8-9H,5,7,15H2,1H3,(H,16,17). The van der Waals surface area contributed by atoms with Gasteiger partial charge in [-0.1, -0.05) is 12.1 Å². The van der Waals surface area contributed by atoms with E-state index in [4.69, 9.17) is 5.73 Å². The van der Waals surface area contributed by atoms with E-state index in [9.17, 15) is 4.79 Å². The number of nitrogens with two attached hydrogens (primary N) is 1. The van der Waals surface area contributed by atoms with Crippen LogP contribution in [0.25, 0.3) is 0 Å². The van der Waals surface area contributed by atoms with Crippen molar-refractivity contribution in [3.05, 3.63) is 51.7 Å². The maximum atomic E-state index is 12.0. The summed E-state index contributed by atoms with van der Waals surface area (Å²) in [6, 6.07) is 7.57. The predicted molar refractivity (Wildman–Crippen MR) is 75.9 cm³/mol. The molecule has 2 aromatic rings. The topological polar surface area (TPSA) is 55.1 Å². The molecule has 0 saturated heterocycles. The number of nitrogen functional groups attached to an aromatic ring is 1. The largest absolute Gasteiger partial charge is 0.398 e. The van der Waals surface area contributed by atoms with Crippen LogP contribution in [0.1, 0.15) is 21.5 Å². The number of hydrogen-bond acceptors (Lipinski definition) is 3. The number of thiophene rings is 1. The molecule has 0 unspecified atom stereocenters. The van der Waals surface area contributed by atoms with E-state index in [1.807, 2.05) is 24.4 Å². The number of nitrogens with one attached hydrogen (secondary N) is 1. The Hall–Kier alpha value is -1.81. The van der Waals surface area contributed by atoms with Gasteiger partial charge in [0.15, 0.2) is 0 Å². The third kappa shape index (κ3) is 2.90. The van der Waals surface area contributed by atoms with E-state index in [-0.39, 0.29) is 5.91 Å². The minimum absolute atomic E-state index is 0.0965. The summed E-state index contributed by atoms with van der Waals surface area (Å²) in [5.74, 6) is -0.0965. The Bertz CT molecular complexity index is 514. The van der Waals surface area contributed by atoms with Crippen LogP contribution in [0.2, 0.25) is 0 Å². The first-order chi connectivity index (χ1) is 8.68. The fourth-order valence-corrected chi connectivity index (χ4v) is 2.55. The summed E-state index contributed by atoms with van der Waals surface area (Å²) < 4.78 is 0. The van der Waals surface area contributed by atoms with Gasteiger partial charge in [-0.3, -0.25) is 4.79 Å². The van der Waals surface area contributed by atoms with Crippen molar-refractivity contribution in [1.29, 1.82) is 0 Å². The number of anilines is 1. The minimum atomic E-state index is -0.0965. The normalized spacial score (nSPS) is 10.3. The van der Waals surface area contributed by atoms with E-state index >= 15 is 0 Å². The van der Waals surface area contributed by atoms with E-state index in [1.165, 1.54) is 5.56 Å². The third-order valence-corrected chi connectivity index (χ3v) is 3.54. The molecule has 0 spiro atoms. The van der Waals surface area contributed by atoms with Gasteiger partial charge in [-0.15, -0.1) is 0 Å². The van der Waals surface area contributed by atoms with Gasteiger partial charge in [0.1, 0.15) is 0 Å². The predicted octanol–water partition coefficient (Wildman–Crippen LogP) is 2.61. The molecule has 0 radical (unpaired) electrons. The van der Waals surface area contributed by atoms with Gasteiger partial charge in [0.25, 0.3) is 5.91 Å². The first-order valence-electron chi connectivity index (χ1n) is 5.83. The van der Waals surface area contributed by atoms with Crippen molar-refractivity contribution in [1.82, 2.24) is 5.32 Å². The highest BCUT2D eigenvalue weighted by Crippen LogP contribution is 2.15. The fourth-order valence-electron chi connectivity index (χ4n) is 1.84. The molecular formula is C14H16N2OS. The molecule has 2 rings (SSSR count).